The molecule has 2 nitrogen and oxygen atoms in total. The van der Waals surface area contributed by atoms with Crippen LogP contribution in [0.25, 0.3) is 0 Å². The van der Waals surface area contributed by atoms with Gasteiger partial charge in [0.1, 0.15) is 11.5 Å². The van der Waals surface area contributed by atoms with Gasteiger partial charge in [0.15, 0.2) is 0 Å². The van der Waals surface area contributed by atoms with Crippen LogP contribution < -0.4 is 5.32 Å². The molecule has 0 bridgehead atoms. The normalized spacial score (nSPS) is 21.4. The van der Waals surface area contributed by atoms with Gasteiger partial charge in [0.05, 0.1) is 6.04 Å². The maximum atomic E-state index is 5.67. The van der Waals surface area contributed by atoms with Gasteiger partial charge in [0.25, 0.3) is 0 Å². The second-order valence-corrected chi connectivity index (χ2v) is 5.52. The second-order valence-electron chi connectivity index (χ2n) is 5.52. The number of hydrogen-bond donors (Lipinski definition) is 1. The smallest absolute Gasteiger partial charge is 0.120 e. The molecule has 96 valence electrons. The van der Waals surface area contributed by atoms with E-state index < -0.39 is 0 Å². The van der Waals surface area contributed by atoms with Gasteiger partial charge in [0.2, 0.25) is 0 Å². The van der Waals surface area contributed by atoms with Crippen molar-refractivity contribution in [1.82, 2.24) is 5.32 Å². The van der Waals surface area contributed by atoms with Crippen LogP contribution in [0.2, 0.25) is 0 Å². The van der Waals surface area contributed by atoms with Gasteiger partial charge in [-0.3, -0.25) is 0 Å². The largest absolute Gasteiger partial charge is 0.465 e. The topological polar surface area (TPSA) is 25.2 Å². The molecule has 0 saturated heterocycles. The maximum absolute atomic E-state index is 5.67. The van der Waals surface area contributed by atoms with Gasteiger partial charge < -0.3 is 9.73 Å². The Balaban J connectivity index is 1.87. The molecular formula is C15H25NO. The average molecular weight is 235 g/mol. The van der Waals surface area contributed by atoms with Crippen molar-refractivity contribution in [1.29, 1.82) is 0 Å². The number of hydrogen-bond acceptors (Lipinski definition) is 2. The van der Waals surface area contributed by atoms with Crippen LogP contribution in [0.5, 0.6) is 0 Å². The van der Waals surface area contributed by atoms with Crippen molar-refractivity contribution >= 4 is 0 Å². The molecular weight excluding hydrogens is 210 g/mol. The third kappa shape index (κ3) is 3.35. The third-order valence-electron chi connectivity index (χ3n) is 4.06. The van der Waals surface area contributed by atoms with Gasteiger partial charge in [-0.25, -0.2) is 0 Å². The molecule has 17 heavy (non-hydrogen) atoms. The van der Waals surface area contributed by atoms with Gasteiger partial charge in [-0.05, 0) is 51.7 Å². The summed E-state index contributed by atoms with van der Waals surface area (Å²) in [6, 6.07) is 5.04. The third-order valence-corrected chi connectivity index (χ3v) is 4.06. The van der Waals surface area contributed by atoms with Gasteiger partial charge in [-0.15, -0.1) is 0 Å². The van der Waals surface area contributed by atoms with E-state index in [2.05, 4.69) is 25.2 Å². The highest BCUT2D eigenvalue weighted by molar-refractivity contribution is 5.09. The number of rotatable bonds is 4. The molecule has 0 amide bonds. The lowest BCUT2D eigenvalue weighted by Gasteiger charge is -2.30. The molecule has 0 aromatic carbocycles. The molecule has 1 N–H and O–H groups in total. The summed E-state index contributed by atoms with van der Waals surface area (Å²) in [6.07, 6.45) is 7.02. The SMILES string of the molecule is Cc1ccc(C(C)N[C@@H](C)C2CCCCC2)o1. The molecule has 2 atom stereocenters. The highest BCUT2D eigenvalue weighted by Gasteiger charge is 2.22. The summed E-state index contributed by atoms with van der Waals surface area (Å²) in [4.78, 5) is 0. The van der Waals surface area contributed by atoms with Crippen LogP contribution in [-0.4, -0.2) is 6.04 Å². The molecule has 2 rings (SSSR count). The molecule has 0 aliphatic heterocycles. The van der Waals surface area contributed by atoms with E-state index in [-0.39, 0.29) is 0 Å². The lowest BCUT2D eigenvalue weighted by Crippen LogP contribution is -2.36. The maximum Gasteiger partial charge on any atom is 0.120 e. The van der Waals surface area contributed by atoms with Gasteiger partial charge in [-0.2, -0.15) is 0 Å². The monoisotopic (exact) mass is 235 g/mol. The molecule has 0 spiro atoms. The van der Waals surface area contributed by atoms with E-state index in [1.165, 1.54) is 32.1 Å². The fraction of sp³-hybridized carbons (Fsp3) is 0.733. The molecule has 1 aromatic rings. The Morgan fingerprint density at radius 2 is 1.88 bits per heavy atom. The zero-order valence-electron chi connectivity index (χ0n) is 11.3. The quantitative estimate of drug-likeness (QED) is 0.845. The molecule has 1 aromatic heterocycles. The summed E-state index contributed by atoms with van der Waals surface area (Å²) in [5.41, 5.74) is 0. The summed E-state index contributed by atoms with van der Waals surface area (Å²) in [5, 5.41) is 3.69. The van der Waals surface area contributed by atoms with Crippen molar-refractivity contribution in [3.63, 3.8) is 0 Å². The van der Waals surface area contributed by atoms with Crippen LogP contribution in [0, 0.1) is 12.8 Å². The summed E-state index contributed by atoms with van der Waals surface area (Å²) >= 11 is 0. The van der Waals surface area contributed by atoms with Crippen molar-refractivity contribution in [2.24, 2.45) is 5.92 Å². The Morgan fingerprint density at radius 1 is 1.18 bits per heavy atom. The van der Waals surface area contributed by atoms with Crippen LogP contribution in [0.3, 0.4) is 0 Å². The first-order valence-electron chi connectivity index (χ1n) is 6.99. The first kappa shape index (κ1) is 12.7. The van der Waals surface area contributed by atoms with Gasteiger partial charge in [0, 0.05) is 6.04 Å². The number of nitrogens with one attached hydrogen (secondary N) is 1. The molecule has 1 aliphatic carbocycles. The van der Waals surface area contributed by atoms with Crippen LogP contribution >= 0.6 is 0 Å². The molecule has 1 unspecified atom stereocenters. The fourth-order valence-electron chi connectivity index (χ4n) is 2.93. The molecule has 1 saturated carbocycles. The molecule has 0 radical (unpaired) electrons. The van der Waals surface area contributed by atoms with E-state index in [4.69, 9.17) is 4.42 Å². The predicted octanol–water partition coefficient (Wildman–Crippen LogP) is 4.21. The van der Waals surface area contributed by atoms with E-state index in [9.17, 15) is 0 Å². The second kappa shape index (κ2) is 5.72. The van der Waals surface area contributed by atoms with Crippen LogP contribution in [0.15, 0.2) is 16.5 Å². The number of aryl methyl sites for hydroxylation is 1. The zero-order valence-corrected chi connectivity index (χ0v) is 11.3. The highest BCUT2D eigenvalue weighted by atomic mass is 16.3. The van der Waals surface area contributed by atoms with E-state index in [0.717, 1.165) is 17.4 Å². The van der Waals surface area contributed by atoms with E-state index in [1.54, 1.807) is 0 Å². The van der Waals surface area contributed by atoms with E-state index in [1.807, 2.05) is 13.0 Å². The van der Waals surface area contributed by atoms with Crippen molar-refractivity contribution < 1.29 is 4.42 Å². The summed E-state index contributed by atoms with van der Waals surface area (Å²) in [6.45, 7) is 6.51. The molecule has 1 aliphatic rings. The van der Waals surface area contributed by atoms with Crippen LogP contribution in [-0.2, 0) is 0 Å². The van der Waals surface area contributed by atoms with E-state index in [0.29, 0.717) is 12.1 Å². The Labute approximate surface area is 105 Å². The molecule has 2 heteroatoms. The predicted molar refractivity (Wildman–Crippen MR) is 71.0 cm³/mol. The van der Waals surface area contributed by atoms with Crippen molar-refractivity contribution in [2.75, 3.05) is 0 Å². The first-order chi connectivity index (χ1) is 8.16. The Bertz CT molecular complexity index is 338. The Hall–Kier alpha value is -0.760. The van der Waals surface area contributed by atoms with Crippen molar-refractivity contribution in [3.05, 3.63) is 23.7 Å². The minimum Gasteiger partial charge on any atom is -0.465 e. The minimum atomic E-state index is 0.320. The summed E-state index contributed by atoms with van der Waals surface area (Å²) in [7, 11) is 0. The van der Waals surface area contributed by atoms with Crippen LogP contribution in [0.4, 0.5) is 0 Å². The van der Waals surface area contributed by atoms with Crippen molar-refractivity contribution in [2.45, 2.75) is 65.0 Å². The van der Waals surface area contributed by atoms with Gasteiger partial charge in [-0.1, -0.05) is 19.3 Å². The lowest BCUT2D eigenvalue weighted by molar-refractivity contribution is 0.259. The summed E-state index contributed by atoms with van der Waals surface area (Å²) in [5.74, 6) is 2.91. The Morgan fingerprint density at radius 3 is 2.47 bits per heavy atom. The average Bonchev–Trinajstić information content (AvgIpc) is 2.77. The standard InChI is InChI=1S/C15H25NO/c1-11-9-10-15(17-11)13(3)16-12(2)14-7-5-4-6-8-14/h9-10,12-14,16H,4-8H2,1-3H3/t12-,13?/m0/s1. The first-order valence-corrected chi connectivity index (χ1v) is 6.99. The van der Waals surface area contributed by atoms with Crippen LogP contribution in [0.1, 0.15) is 63.5 Å². The van der Waals surface area contributed by atoms with Gasteiger partial charge >= 0.3 is 0 Å². The number of furan rings is 1. The van der Waals surface area contributed by atoms with Crippen molar-refractivity contribution in [3.8, 4) is 0 Å². The highest BCUT2D eigenvalue weighted by Crippen LogP contribution is 2.27. The Kier molecular flexibility index (Phi) is 4.27. The molecule has 1 fully saturated rings. The van der Waals surface area contributed by atoms with E-state index >= 15 is 0 Å². The fourth-order valence-corrected chi connectivity index (χ4v) is 2.93. The lowest BCUT2D eigenvalue weighted by atomic mass is 9.84. The zero-order chi connectivity index (χ0) is 12.3. The minimum absolute atomic E-state index is 0.320. The summed E-state index contributed by atoms with van der Waals surface area (Å²) < 4.78 is 5.67. The molecule has 1 heterocycles.